The highest BCUT2D eigenvalue weighted by atomic mass is 16.3. The van der Waals surface area contributed by atoms with Crippen LogP contribution in [0.3, 0.4) is 0 Å². The molecule has 1 saturated heterocycles. The molecule has 1 amide bonds. The average Bonchev–Trinajstić information content (AvgIpc) is 3.02. The van der Waals surface area contributed by atoms with Crippen LogP contribution in [0.15, 0.2) is 22.8 Å². The van der Waals surface area contributed by atoms with Crippen LogP contribution in [0.2, 0.25) is 0 Å². The smallest absolute Gasteiger partial charge is 0.237 e. The van der Waals surface area contributed by atoms with Gasteiger partial charge in [-0.3, -0.25) is 4.79 Å². The number of nitrogens with one attached hydrogen (secondary N) is 2. The Balaban J connectivity index is 1.55. The van der Waals surface area contributed by atoms with Crippen molar-refractivity contribution < 1.29 is 9.21 Å². The summed E-state index contributed by atoms with van der Waals surface area (Å²) in [6, 6.07) is 3.72. The highest BCUT2D eigenvalue weighted by Gasteiger charge is 2.42. The summed E-state index contributed by atoms with van der Waals surface area (Å²) in [4.78, 5) is 12.1. The average molecular weight is 234 g/mol. The molecule has 4 heteroatoms. The highest BCUT2D eigenvalue weighted by molar-refractivity contribution is 5.82. The molecule has 17 heavy (non-hydrogen) atoms. The SMILES string of the molecule is O=C(NCc1ccco1)C1NCC2CCCC21. The first-order valence-corrected chi connectivity index (χ1v) is 6.38. The summed E-state index contributed by atoms with van der Waals surface area (Å²) in [5, 5.41) is 6.29. The number of hydrogen-bond acceptors (Lipinski definition) is 3. The number of fused-ring (bicyclic) bond motifs is 1. The molecule has 92 valence electrons. The lowest BCUT2D eigenvalue weighted by Gasteiger charge is -2.17. The van der Waals surface area contributed by atoms with Gasteiger partial charge in [-0.2, -0.15) is 0 Å². The molecule has 0 radical (unpaired) electrons. The fourth-order valence-corrected chi connectivity index (χ4v) is 3.17. The molecule has 2 N–H and O–H groups in total. The zero-order valence-electron chi connectivity index (χ0n) is 9.82. The van der Waals surface area contributed by atoms with E-state index in [2.05, 4.69) is 10.6 Å². The van der Waals surface area contributed by atoms with E-state index < -0.39 is 0 Å². The van der Waals surface area contributed by atoms with Crippen LogP contribution in [0.25, 0.3) is 0 Å². The van der Waals surface area contributed by atoms with E-state index in [0.29, 0.717) is 12.5 Å². The largest absolute Gasteiger partial charge is 0.467 e. The Kier molecular flexibility index (Phi) is 2.89. The Bertz CT molecular complexity index is 388. The first-order chi connectivity index (χ1) is 8.34. The minimum atomic E-state index is 0.0115. The lowest BCUT2D eigenvalue weighted by molar-refractivity contribution is -0.124. The van der Waals surface area contributed by atoms with Gasteiger partial charge < -0.3 is 15.1 Å². The van der Waals surface area contributed by atoms with Crippen molar-refractivity contribution in [3.8, 4) is 0 Å². The summed E-state index contributed by atoms with van der Waals surface area (Å²) in [7, 11) is 0. The van der Waals surface area contributed by atoms with E-state index in [9.17, 15) is 4.79 Å². The summed E-state index contributed by atoms with van der Waals surface area (Å²) >= 11 is 0. The first-order valence-electron chi connectivity index (χ1n) is 6.38. The molecule has 0 aromatic carbocycles. The van der Waals surface area contributed by atoms with E-state index in [1.807, 2.05) is 12.1 Å². The second-order valence-corrected chi connectivity index (χ2v) is 5.04. The van der Waals surface area contributed by atoms with Crippen LogP contribution in [0.1, 0.15) is 25.0 Å². The molecule has 1 aromatic heterocycles. The van der Waals surface area contributed by atoms with Crippen molar-refractivity contribution in [1.29, 1.82) is 0 Å². The van der Waals surface area contributed by atoms with E-state index in [-0.39, 0.29) is 11.9 Å². The second kappa shape index (κ2) is 4.53. The molecular formula is C13H18N2O2. The van der Waals surface area contributed by atoms with Gasteiger partial charge in [-0.15, -0.1) is 0 Å². The van der Waals surface area contributed by atoms with Crippen molar-refractivity contribution >= 4 is 5.91 Å². The van der Waals surface area contributed by atoms with Crippen molar-refractivity contribution in [3.63, 3.8) is 0 Å². The summed E-state index contributed by atoms with van der Waals surface area (Å²) in [6.45, 7) is 1.49. The maximum Gasteiger partial charge on any atom is 0.237 e. The van der Waals surface area contributed by atoms with Crippen molar-refractivity contribution in [2.75, 3.05) is 6.54 Å². The van der Waals surface area contributed by atoms with Crippen molar-refractivity contribution in [1.82, 2.24) is 10.6 Å². The molecule has 2 fully saturated rings. The molecular weight excluding hydrogens is 216 g/mol. The van der Waals surface area contributed by atoms with Gasteiger partial charge in [0.25, 0.3) is 0 Å². The summed E-state index contributed by atoms with van der Waals surface area (Å²) in [5.74, 6) is 2.19. The lowest BCUT2D eigenvalue weighted by Crippen LogP contribution is -2.43. The Hall–Kier alpha value is -1.29. The molecule has 2 aliphatic rings. The molecule has 0 bridgehead atoms. The molecule has 1 aliphatic heterocycles. The van der Waals surface area contributed by atoms with Crippen LogP contribution in [-0.2, 0) is 11.3 Å². The van der Waals surface area contributed by atoms with Crippen molar-refractivity contribution in [2.24, 2.45) is 11.8 Å². The first kappa shape index (κ1) is 10.8. The normalized spacial score (nSPS) is 31.4. The number of rotatable bonds is 3. The van der Waals surface area contributed by atoms with E-state index >= 15 is 0 Å². The minimum Gasteiger partial charge on any atom is -0.467 e. The molecule has 2 heterocycles. The third kappa shape index (κ3) is 2.09. The minimum absolute atomic E-state index is 0.0115. The highest BCUT2D eigenvalue weighted by Crippen LogP contribution is 2.37. The van der Waals surface area contributed by atoms with Gasteiger partial charge in [0.2, 0.25) is 5.91 Å². The molecule has 1 saturated carbocycles. The number of hydrogen-bond donors (Lipinski definition) is 2. The maximum atomic E-state index is 12.1. The molecule has 1 aromatic rings. The Morgan fingerprint density at radius 1 is 1.53 bits per heavy atom. The Morgan fingerprint density at radius 3 is 3.29 bits per heavy atom. The third-order valence-corrected chi connectivity index (χ3v) is 4.05. The molecule has 3 rings (SSSR count). The van der Waals surface area contributed by atoms with Crippen LogP contribution < -0.4 is 10.6 Å². The van der Waals surface area contributed by atoms with Gasteiger partial charge in [0.1, 0.15) is 5.76 Å². The van der Waals surface area contributed by atoms with E-state index in [4.69, 9.17) is 4.42 Å². The van der Waals surface area contributed by atoms with Gasteiger partial charge in [0.15, 0.2) is 0 Å². The van der Waals surface area contributed by atoms with Crippen LogP contribution in [-0.4, -0.2) is 18.5 Å². The van der Waals surface area contributed by atoms with Gasteiger partial charge >= 0.3 is 0 Å². The third-order valence-electron chi connectivity index (χ3n) is 4.05. The zero-order chi connectivity index (χ0) is 11.7. The Morgan fingerprint density at radius 2 is 2.47 bits per heavy atom. The van der Waals surface area contributed by atoms with Crippen molar-refractivity contribution in [3.05, 3.63) is 24.2 Å². The summed E-state index contributed by atoms with van der Waals surface area (Å²) < 4.78 is 5.20. The quantitative estimate of drug-likeness (QED) is 0.828. The molecule has 3 atom stereocenters. The second-order valence-electron chi connectivity index (χ2n) is 5.04. The van der Waals surface area contributed by atoms with Crippen molar-refractivity contribution in [2.45, 2.75) is 31.8 Å². The lowest BCUT2D eigenvalue weighted by atomic mass is 9.94. The Labute approximate surface area is 101 Å². The monoisotopic (exact) mass is 234 g/mol. The molecule has 0 spiro atoms. The number of furan rings is 1. The van der Waals surface area contributed by atoms with Gasteiger partial charge in [0.05, 0.1) is 18.8 Å². The summed E-state index contributed by atoms with van der Waals surface area (Å²) in [6.07, 6.45) is 5.37. The van der Waals surface area contributed by atoms with Gasteiger partial charge in [-0.05, 0) is 43.4 Å². The van der Waals surface area contributed by atoms with Gasteiger partial charge in [0, 0.05) is 0 Å². The fraction of sp³-hybridized carbons (Fsp3) is 0.615. The molecule has 1 aliphatic carbocycles. The number of carbonyl (C=O) groups excluding carboxylic acids is 1. The molecule has 4 nitrogen and oxygen atoms in total. The van der Waals surface area contributed by atoms with E-state index in [1.165, 1.54) is 19.3 Å². The van der Waals surface area contributed by atoms with Gasteiger partial charge in [-0.1, -0.05) is 6.42 Å². The predicted molar refractivity (Wildman–Crippen MR) is 63.2 cm³/mol. The summed E-state index contributed by atoms with van der Waals surface area (Å²) in [5.41, 5.74) is 0. The fourth-order valence-electron chi connectivity index (χ4n) is 3.17. The van der Waals surface area contributed by atoms with E-state index in [1.54, 1.807) is 6.26 Å². The number of carbonyl (C=O) groups is 1. The number of amides is 1. The maximum absolute atomic E-state index is 12.1. The zero-order valence-corrected chi connectivity index (χ0v) is 9.82. The van der Waals surface area contributed by atoms with Gasteiger partial charge in [-0.25, -0.2) is 0 Å². The van der Waals surface area contributed by atoms with Crippen LogP contribution in [0.5, 0.6) is 0 Å². The van der Waals surface area contributed by atoms with E-state index in [0.717, 1.165) is 18.2 Å². The van der Waals surface area contributed by atoms with Crippen LogP contribution in [0.4, 0.5) is 0 Å². The standard InChI is InChI=1S/C13H18N2O2/c16-13(15-8-10-4-2-6-17-10)12-11-5-1-3-9(11)7-14-12/h2,4,6,9,11-12,14H,1,3,5,7-8H2,(H,15,16). The predicted octanol–water partition coefficient (Wildman–Crippen LogP) is 1.28. The molecule has 3 unspecified atom stereocenters. The van der Waals surface area contributed by atoms with Crippen LogP contribution in [0, 0.1) is 11.8 Å². The topological polar surface area (TPSA) is 54.3 Å². The van der Waals surface area contributed by atoms with Crippen LogP contribution >= 0.6 is 0 Å².